The molecule has 19 rings (SSSR count). The lowest BCUT2D eigenvalue weighted by molar-refractivity contribution is -0.130. The zero-order valence-electron chi connectivity index (χ0n) is 77.8. The molecule has 32 heteroatoms. The molecule has 1 aliphatic carbocycles. The van der Waals surface area contributed by atoms with E-state index in [1.807, 2.05) is 211 Å². The summed E-state index contributed by atoms with van der Waals surface area (Å²) >= 11 is 23.4. The average Bonchev–Trinajstić information content (AvgIpc) is 1.66. The lowest BCUT2D eigenvalue weighted by Gasteiger charge is -2.26. The number of pyridine rings is 2. The number of halogens is 6. The molecule has 0 spiro atoms. The van der Waals surface area contributed by atoms with Crippen LogP contribution in [0.3, 0.4) is 0 Å². The number of fused-ring (bicyclic) bond motifs is 7. The first-order valence-electron chi connectivity index (χ1n) is 46.3. The molecule has 10 aliphatic rings. The molecular weight excluding hydrogens is 2020 g/mol. The van der Waals surface area contributed by atoms with Crippen molar-refractivity contribution in [2.45, 2.75) is 112 Å². The van der Waals surface area contributed by atoms with E-state index in [9.17, 15) is 47.9 Å². The Bertz CT molecular complexity index is 5560. The first kappa shape index (κ1) is 104. The summed E-state index contributed by atoms with van der Waals surface area (Å²) < 4.78 is 14.7. The van der Waals surface area contributed by atoms with Crippen LogP contribution in [-0.2, 0) is 23.9 Å². The van der Waals surface area contributed by atoms with Crippen molar-refractivity contribution in [3.05, 3.63) is 240 Å². The highest BCUT2D eigenvalue weighted by molar-refractivity contribution is 9.11. The van der Waals surface area contributed by atoms with E-state index in [0.717, 1.165) is 171 Å². The Labute approximate surface area is 835 Å². The topological polar surface area (TPSA) is 293 Å². The zero-order valence-corrected chi connectivity index (χ0v) is 85.7. The molecule has 25 nitrogen and oxygen atoms in total. The van der Waals surface area contributed by atoms with E-state index < -0.39 is 18.0 Å². The number of hydrogen-bond donors (Lipinski definition) is 3. The molecule has 0 bridgehead atoms. The Morgan fingerprint density at radius 3 is 0.970 bits per heavy atom. The van der Waals surface area contributed by atoms with Gasteiger partial charge in [-0.1, -0.05) is 133 Å². The number of carbonyl (C=O) groups excluding carboxylic acids is 10. The maximum Gasteiger partial charge on any atom is 0.488 e. The van der Waals surface area contributed by atoms with Gasteiger partial charge in [-0.2, -0.15) is 0 Å². The Hall–Kier alpha value is -9.50. The fraction of sp³-hybridized carbons (Fsp3) is 0.437. The predicted octanol–water partition coefficient (Wildman–Crippen LogP) is 17.9. The number of aromatic nitrogens is 2. The van der Waals surface area contributed by atoms with Gasteiger partial charge in [0.1, 0.15) is 11.2 Å². The number of rotatable bonds is 10. The molecule has 1 saturated carbocycles. The van der Waals surface area contributed by atoms with Gasteiger partial charge in [0.15, 0.2) is 0 Å². The summed E-state index contributed by atoms with van der Waals surface area (Å²) in [6.07, 6.45) is 12.2. The fourth-order valence-corrected chi connectivity index (χ4v) is 20.1. The summed E-state index contributed by atoms with van der Waals surface area (Å²) in [4.78, 5) is 142. The largest absolute Gasteiger partial charge is 0.488 e. The third kappa shape index (κ3) is 29.3. The highest BCUT2D eigenvalue weighted by Gasteiger charge is 2.47. The number of carbonyl (C=O) groups is 10. The van der Waals surface area contributed by atoms with Gasteiger partial charge in [-0.05, 0) is 261 Å². The molecule has 2 aromatic heterocycles. The molecule has 10 fully saturated rings. The Morgan fingerprint density at radius 2 is 0.652 bits per heavy atom. The van der Waals surface area contributed by atoms with Crippen molar-refractivity contribution in [3.63, 3.8) is 0 Å². The van der Waals surface area contributed by atoms with E-state index in [2.05, 4.69) is 97.2 Å². The van der Waals surface area contributed by atoms with Crippen molar-refractivity contribution in [2.24, 2.45) is 59.2 Å². The van der Waals surface area contributed by atoms with Crippen LogP contribution in [0.25, 0.3) is 32.7 Å². The fourth-order valence-electron chi connectivity index (χ4n) is 19.0. The smallest absolute Gasteiger partial charge is 0.444 e. The van der Waals surface area contributed by atoms with E-state index >= 15 is 0 Å². The normalized spacial score (nSPS) is 21.3. The number of ether oxygens (including phenoxy) is 2. The molecule has 11 heterocycles. The molecule has 0 radical (unpaired) electrons. The number of hydrogen-bond acceptors (Lipinski definition) is 17. The maximum absolute atomic E-state index is 13.0. The van der Waals surface area contributed by atoms with Crippen molar-refractivity contribution in [3.8, 4) is 11.1 Å². The first-order valence-corrected chi connectivity index (χ1v) is 50.2. The van der Waals surface area contributed by atoms with Crippen LogP contribution >= 0.6 is 86.9 Å². The first-order chi connectivity index (χ1) is 64.4. The summed E-state index contributed by atoms with van der Waals surface area (Å²) in [5, 5.41) is 24.7. The van der Waals surface area contributed by atoms with Gasteiger partial charge in [0.2, 0.25) is 17.1 Å². The second-order valence-corrected chi connectivity index (χ2v) is 42.4. The standard InChI is InChI=1S/C25H25N3O2.C18H23BrN2O3.C16H19BrN2O2.C14H16BrNO.C11H20N2O2.C9H8BNO2.C7H4BrClO.C3H5ClO/c1-2-24(29)27-13-22-15-28(16-23(22)14-27)25(30)18-5-3-17(4-6-18)19-7-8-21-12-26-10-9-20(21)11-19;1-18(2,3)24-17(23)21-10-13-8-20(9-14(13)11-21)16(22)12-4-6-15(19)7-5-12;1-2-15(20)18-7-12-9-19(10-13(12)8-18)16(21)11-3-5-14(17)6-4-11;15-13-6-4-10(5-7-13)14(17)16-8-11-2-1-3-12(11)9-16;1-11(2,3)15-10(14)13-6-8-4-12-5-9(8)7-13;12-10(13)9-2-1-8-6-11-4-3-7(8)5-9;8-6-3-1-5(2-4-6)7(9)10;1-2-3(4)5/h3-12,22-23H,2,13-16H2,1H3;4-7,13-14H,8-11H2,1-3H3;3-6,12-13H,2,7-10H2,1H3;4-7,11-12H,1-3,8-9H2;8-9,12H,4-7H2,1-3H3;1-6,12-13H;1-4H;2H2,1H3. The van der Waals surface area contributed by atoms with Gasteiger partial charge in [-0.25, -0.2) is 9.59 Å². The molecule has 716 valence electrons. The number of likely N-dealkylation sites (tertiary alicyclic amines) is 8. The van der Waals surface area contributed by atoms with E-state index in [1.165, 1.54) is 19.3 Å². The monoisotopic (exact) mass is 2130 g/mol. The van der Waals surface area contributed by atoms with Gasteiger partial charge >= 0.3 is 19.3 Å². The molecule has 8 amide bonds. The molecule has 7 aromatic carbocycles. The van der Waals surface area contributed by atoms with E-state index in [4.69, 9.17) is 42.7 Å². The highest BCUT2D eigenvalue weighted by atomic mass is 79.9. The Balaban J connectivity index is 0.000000144. The lowest BCUT2D eigenvalue weighted by Crippen LogP contribution is -2.38. The molecule has 3 N–H and O–H groups in total. The van der Waals surface area contributed by atoms with Gasteiger partial charge in [0, 0.05) is 248 Å². The summed E-state index contributed by atoms with van der Waals surface area (Å²) in [7, 11) is -1.41. The summed E-state index contributed by atoms with van der Waals surface area (Å²) in [6, 6.07) is 52.8. The molecular formula is C103H120BBr4Cl2N11O14. The summed E-state index contributed by atoms with van der Waals surface area (Å²) in [6.45, 7) is 31.6. The number of benzene rings is 7. The second-order valence-electron chi connectivity index (χ2n) is 38.0. The average molecular weight is 2140 g/mol. The van der Waals surface area contributed by atoms with Crippen molar-refractivity contribution in [2.75, 3.05) is 118 Å². The predicted molar refractivity (Wildman–Crippen MR) is 541 cm³/mol. The van der Waals surface area contributed by atoms with E-state index in [0.29, 0.717) is 109 Å². The van der Waals surface area contributed by atoms with Gasteiger partial charge in [-0.15, -0.1) is 0 Å². The number of amides is 8. The molecule has 10 unspecified atom stereocenters. The summed E-state index contributed by atoms with van der Waals surface area (Å²) in [5.41, 5.74) is 5.37. The maximum atomic E-state index is 13.0. The highest BCUT2D eigenvalue weighted by Crippen LogP contribution is 2.40. The van der Waals surface area contributed by atoms with E-state index in [-0.39, 0.29) is 58.5 Å². The zero-order chi connectivity index (χ0) is 97.1. The lowest BCUT2D eigenvalue weighted by atomic mass is 9.79. The molecule has 135 heavy (non-hydrogen) atoms. The molecule has 10 atom stereocenters. The van der Waals surface area contributed by atoms with Gasteiger partial charge in [-0.3, -0.25) is 48.3 Å². The van der Waals surface area contributed by atoms with Crippen LogP contribution in [-0.4, -0.2) is 253 Å². The molecule has 9 aliphatic heterocycles. The van der Waals surface area contributed by atoms with Crippen LogP contribution in [0.5, 0.6) is 0 Å². The van der Waals surface area contributed by atoms with Gasteiger partial charge < -0.3 is 64.0 Å². The molecule has 9 aromatic rings. The van der Waals surface area contributed by atoms with Crippen LogP contribution in [0, 0.1) is 59.2 Å². The van der Waals surface area contributed by atoms with Crippen molar-refractivity contribution in [1.82, 2.24) is 54.5 Å². The summed E-state index contributed by atoms with van der Waals surface area (Å²) in [5.74, 6) is 6.14. The van der Waals surface area contributed by atoms with E-state index in [1.54, 1.807) is 66.8 Å². The SMILES string of the molecule is CC(C)(C)OC(=O)N1CC2CN(C(=O)c3ccc(Br)cc3)CC2C1.CC(C)(C)OC(=O)N1CC2CNCC2C1.CCC(=O)Cl.CCC(=O)N1CC2CN(C(=O)c3ccc(-c4ccc5cnccc5c4)cc3)CC2C1.CCC(=O)N1CC2CN(C(=O)c3ccc(Br)cc3)CC2C1.O=C(Cl)c1ccc(Br)cc1.O=C(c1ccc(Br)cc1)N1CC2CCCC2C1.OB(O)c1ccc2cnccc2c1. The van der Waals surface area contributed by atoms with Crippen LogP contribution in [0.15, 0.2) is 213 Å². The van der Waals surface area contributed by atoms with Crippen molar-refractivity contribution < 1.29 is 67.5 Å². The van der Waals surface area contributed by atoms with Crippen molar-refractivity contribution >= 4 is 179 Å². The Kier molecular flexibility index (Phi) is 37.3. The second kappa shape index (κ2) is 48.2. The third-order valence-corrected chi connectivity index (χ3v) is 28.6. The number of nitrogens with zero attached hydrogens (tertiary/aromatic N) is 10. The minimum absolute atomic E-state index is 0.0701. The minimum atomic E-state index is -1.41. The quantitative estimate of drug-likeness (QED) is 0.0847. The molecule has 9 saturated heterocycles. The number of nitrogens with one attached hydrogen (secondary N) is 1. The van der Waals surface area contributed by atoms with Gasteiger partial charge in [0.25, 0.3) is 28.9 Å². The van der Waals surface area contributed by atoms with Crippen molar-refractivity contribution in [1.29, 1.82) is 0 Å². The minimum Gasteiger partial charge on any atom is -0.444 e. The van der Waals surface area contributed by atoms with Crippen LogP contribution in [0.1, 0.15) is 153 Å². The van der Waals surface area contributed by atoms with Crippen LogP contribution in [0.4, 0.5) is 9.59 Å². The third-order valence-electron chi connectivity index (χ3n) is 26.0. The van der Waals surface area contributed by atoms with Gasteiger partial charge in [0.05, 0.1) is 0 Å². The van der Waals surface area contributed by atoms with Crippen LogP contribution < -0.4 is 10.8 Å². The Morgan fingerprint density at radius 1 is 0.363 bits per heavy atom. The van der Waals surface area contributed by atoms with Crippen LogP contribution in [0.2, 0.25) is 0 Å².